The lowest BCUT2D eigenvalue weighted by atomic mass is 10.0. The number of anilines is 1. The van der Waals surface area contributed by atoms with E-state index in [1.165, 1.54) is 6.07 Å². The summed E-state index contributed by atoms with van der Waals surface area (Å²) in [6.07, 6.45) is 1.58. The molecule has 0 saturated heterocycles. The monoisotopic (exact) mass is 385 g/mol. The summed E-state index contributed by atoms with van der Waals surface area (Å²) in [5.41, 5.74) is 1.10. The number of nitro benzene ring substituents is 1. The van der Waals surface area contributed by atoms with Gasteiger partial charge in [0.1, 0.15) is 0 Å². The van der Waals surface area contributed by atoms with Crippen molar-refractivity contribution in [1.29, 1.82) is 0 Å². The number of nitrogens with zero attached hydrogens (tertiary/aromatic N) is 4. The zero-order valence-electron chi connectivity index (χ0n) is 15.9. The molecule has 0 aliphatic heterocycles. The van der Waals surface area contributed by atoms with Crippen molar-refractivity contribution >= 4 is 28.3 Å². The first-order chi connectivity index (χ1) is 13.2. The SMILES string of the molecule is CC(C)c1cc(C(=O)Nc2ccc(F)c([N+](=O)[O-])c2)c2cnn(C(C)C)c2n1. The molecule has 0 bridgehead atoms. The summed E-state index contributed by atoms with van der Waals surface area (Å²) in [4.78, 5) is 27.6. The van der Waals surface area contributed by atoms with Crippen LogP contribution < -0.4 is 5.32 Å². The van der Waals surface area contributed by atoms with E-state index in [4.69, 9.17) is 0 Å². The van der Waals surface area contributed by atoms with Gasteiger partial charge in [0, 0.05) is 23.5 Å². The Labute approximate surface area is 160 Å². The summed E-state index contributed by atoms with van der Waals surface area (Å²) < 4.78 is 15.3. The van der Waals surface area contributed by atoms with E-state index in [2.05, 4.69) is 15.4 Å². The third kappa shape index (κ3) is 3.55. The lowest BCUT2D eigenvalue weighted by molar-refractivity contribution is -0.387. The molecule has 0 aliphatic carbocycles. The second-order valence-corrected chi connectivity index (χ2v) is 7.05. The topological polar surface area (TPSA) is 103 Å². The average Bonchev–Trinajstić information content (AvgIpc) is 3.06. The first kappa shape index (κ1) is 19.4. The smallest absolute Gasteiger partial charge is 0.306 e. The number of carbonyl (C=O) groups excluding carboxylic acids is 1. The summed E-state index contributed by atoms with van der Waals surface area (Å²) in [5.74, 6) is -1.36. The number of nitro groups is 1. The minimum absolute atomic E-state index is 0.0584. The molecule has 9 heteroatoms. The fourth-order valence-corrected chi connectivity index (χ4v) is 2.83. The van der Waals surface area contributed by atoms with E-state index in [1.54, 1.807) is 16.9 Å². The molecule has 0 saturated carbocycles. The predicted molar refractivity (Wildman–Crippen MR) is 103 cm³/mol. The van der Waals surface area contributed by atoms with Gasteiger partial charge in [-0.2, -0.15) is 9.49 Å². The molecular weight excluding hydrogens is 365 g/mol. The Hall–Kier alpha value is -3.36. The molecule has 28 heavy (non-hydrogen) atoms. The van der Waals surface area contributed by atoms with Crippen LogP contribution in [0.1, 0.15) is 55.7 Å². The maximum absolute atomic E-state index is 13.5. The molecule has 1 amide bonds. The molecule has 8 nitrogen and oxygen atoms in total. The van der Waals surface area contributed by atoms with Crippen LogP contribution in [-0.2, 0) is 0 Å². The minimum atomic E-state index is -0.963. The van der Waals surface area contributed by atoms with Gasteiger partial charge in [-0.25, -0.2) is 9.67 Å². The van der Waals surface area contributed by atoms with Crippen molar-refractivity contribution in [1.82, 2.24) is 14.8 Å². The predicted octanol–water partition coefficient (Wildman–Crippen LogP) is 4.44. The molecular formula is C19H20FN5O3. The Balaban J connectivity index is 2.06. The van der Waals surface area contributed by atoms with Crippen LogP contribution in [0.4, 0.5) is 15.8 Å². The molecule has 3 rings (SSSR count). The lowest BCUT2D eigenvalue weighted by Crippen LogP contribution is -2.14. The fourth-order valence-electron chi connectivity index (χ4n) is 2.83. The van der Waals surface area contributed by atoms with Crippen molar-refractivity contribution < 1.29 is 14.1 Å². The number of amides is 1. The van der Waals surface area contributed by atoms with Gasteiger partial charge in [-0.3, -0.25) is 14.9 Å². The number of carbonyl (C=O) groups is 1. The quantitative estimate of drug-likeness (QED) is 0.517. The summed E-state index contributed by atoms with van der Waals surface area (Å²) in [7, 11) is 0. The number of fused-ring (bicyclic) bond motifs is 1. The second kappa shape index (κ2) is 7.34. The lowest BCUT2D eigenvalue weighted by Gasteiger charge is -2.12. The molecule has 146 valence electrons. The standard InChI is InChI=1S/C19H20FN5O3/c1-10(2)16-8-13(14-9-21-24(11(3)4)18(14)23-16)19(26)22-12-5-6-15(20)17(7-12)25(27)28/h5-11H,1-4H3,(H,22,26). The van der Waals surface area contributed by atoms with E-state index in [-0.39, 0.29) is 17.6 Å². The molecule has 2 aromatic heterocycles. The summed E-state index contributed by atoms with van der Waals surface area (Å²) in [6, 6.07) is 4.97. The Kier molecular flexibility index (Phi) is 5.08. The van der Waals surface area contributed by atoms with Gasteiger partial charge in [-0.1, -0.05) is 13.8 Å². The highest BCUT2D eigenvalue weighted by Crippen LogP contribution is 2.26. The average molecular weight is 385 g/mol. The van der Waals surface area contributed by atoms with Crippen LogP contribution >= 0.6 is 0 Å². The molecule has 3 aromatic rings. The number of pyridine rings is 1. The Bertz CT molecular complexity index is 1070. The third-order valence-corrected chi connectivity index (χ3v) is 4.31. The number of hydrogen-bond acceptors (Lipinski definition) is 5. The van der Waals surface area contributed by atoms with Gasteiger partial charge in [0.2, 0.25) is 5.82 Å². The fraction of sp³-hybridized carbons (Fsp3) is 0.316. The van der Waals surface area contributed by atoms with E-state index in [1.807, 2.05) is 27.7 Å². The minimum Gasteiger partial charge on any atom is -0.322 e. The first-order valence-electron chi connectivity index (χ1n) is 8.82. The van der Waals surface area contributed by atoms with Crippen LogP contribution in [0, 0.1) is 15.9 Å². The van der Waals surface area contributed by atoms with Gasteiger partial charge in [0.15, 0.2) is 5.65 Å². The molecule has 0 spiro atoms. The largest absolute Gasteiger partial charge is 0.322 e. The van der Waals surface area contributed by atoms with Crippen LogP contribution in [0.2, 0.25) is 0 Å². The molecule has 0 radical (unpaired) electrons. The number of benzene rings is 1. The van der Waals surface area contributed by atoms with Gasteiger partial charge in [-0.15, -0.1) is 0 Å². The van der Waals surface area contributed by atoms with Crippen molar-refractivity contribution in [3.05, 3.63) is 57.7 Å². The van der Waals surface area contributed by atoms with Gasteiger partial charge < -0.3 is 5.32 Å². The van der Waals surface area contributed by atoms with E-state index in [0.29, 0.717) is 16.6 Å². The van der Waals surface area contributed by atoms with Gasteiger partial charge >= 0.3 is 5.69 Å². The molecule has 0 atom stereocenters. The first-order valence-corrected chi connectivity index (χ1v) is 8.82. The molecule has 0 aliphatic rings. The van der Waals surface area contributed by atoms with E-state index >= 15 is 0 Å². The number of halogens is 1. The zero-order valence-corrected chi connectivity index (χ0v) is 15.9. The van der Waals surface area contributed by atoms with E-state index in [9.17, 15) is 19.3 Å². The molecule has 1 N–H and O–H groups in total. The van der Waals surface area contributed by atoms with Crippen LogP contribution in [0.15, 0.2) is 30.5 Å². The van der Waals surface area contributed by atoms with Crippen molar-refractivity contribution in [3.63, 3.8) is 0 Å². The Morgan fingerprint density at radius 3 is 2.57 bits per heavy atom. The number of nitrogens with one attached hydrogen (secondary N) is 1. The summed E-state index contributed by atoms with van der Waals surface area (Å²) in [5, 5.41) is 18.4. The van der Waals surface area contributed by atoms with Gasteiger partial charge in [0.25, 0.3) is 5.91 Å². The van der Waals surface area contributed by atoms with Crippen LogP contribution in [0.25, 0.3) is 11.0 Å². The van der Waals surface area contributed by atoms with Gasteiger partial charge in [0.05, 0.1) is 22.1 Å². The Morgan fingerprint density at radius 1 is 1.25 bits per heavy atom. The highest BCUT2D eigenvalue weighted by molar-refractivity contribution is 6.12. The van der Waals surface area contributed by atoms with Crippen LogP contribution in [-0.4, -0.2) is 25.6 Å². The maximum atomic E-state index is 13.5. The summed E-state index contributed by atoms with van der Waals surface area (Å²) >= 11 is 0. The van der Waals surface area contributed by atoms with Crippen molar-refractivity contribution in [2.24, 2.45) is 0 Å². The highest BCUT2D eigenvalue weighted by Gasteiger charge is 2.20. The molecule has 1 aromatic carbocycles. The van der Waals surface area contributed by atoms with Crippen molar-refractivity contribution in [2.45, 2.75) is 39.7 Å². The highest BCUT2D eigenvalue weighted by atomic mass is 19.1. The molecule has 2 heterocycles. The Morgan fingerprint density at radius 2 is 1.96 bits per heavy atom. The third-order valence-electron chi connectivity index (χ3n) is 4.31. The second-order valence-electron chi connectivity index (χ2n) is 7.05. The molecule has 0 unspecified atom stereocenters. The molecule has 0 fully saturated rings. The van der Waals surface area contributed by atoms with Crippen molar-refractivity contribution in [3.8, 4) is 0 Å². The van der Waals surface area contributed by atoms with E-state index in [0.717, 1.165) is 17.8 Å². The zero-order chi connectivity index (χ0) is 20.6. The van der Waals surface area contributed by atoms with Crippen molar-refractivity contribution in [2.75, 3.05) is 5.32 Å². The van der Waals surface area contributed by atoms with E-state index < -0.39 is 22.3 Å². The normalized spacial score (nSPS) is 11.4. The number of aromatic nitrogens is 3. The summed E-state index contributed by atoms with van der Waals surface area (Å²) in [6.45, 7) is 7.87. The number of hydrogen-bond donors (Lipinski definition) is 1. The van der Waals surface area contributed by atoms with Crippen LogP contribution in [0.3, 0.4) is 0 Å². The number of rotatable bonds is 5. The van der Waals surface area contributed by atoms with Crippen LogP contribution in [0.5, 0.6) is 0 Å². The van der Waals surface area contributed by atoms with Gasteiger partial charge in [-0.05, 0) is 38.0 Å². The maximum Gasteiger partial charge on any atom is 0.306 e.